The van der Waals surface area contributed by atoms with Crippen molar-refractivity contribution in [2.45, 2.75) is 6.92 Å². The monoisotopic (exact) mass is 422 g/mol. The van der Waals surface area contributed by atoms with E-state index in [1.54, 1.807) is 31.2 Å². The van der Waals surface area contributed by atoms with Crippen molar-refractivity contribution < 1.29 is 14.3 Å². The molecule has 2 aromatic carbocycles. The fourth-order valence-corrected chi connectivity index (χ4v) is 3.36. The van der Waals surface area contributed by atoms with Gasteiger partial charge in [0.2, 0.25) is 5.88 Å². The minimum absolute atomic E-state index is 0.0692. The summed E-state index contributed by atoms with van der Waals surface area (Å²) >= 11 is 5.15. The maximum atomic E-state index is 13.3. The molecule has 7 nitrogen and oxygen atoms in total. The Morgan fingerprint density at radius 1 is 1.07 bits per heavy atom. The normalized spacial score (nSPS) is 15.0. The van der Waals surface area contributed by atoms with Gasteiger partial charge in [0.1, 0.15) is 11.4 Å². The molecule has 0 fully saturated rings. The number of aromatic hydroxyl groups is 1. The molecule has 0 radical (unpaired) electrons. The number of aromatic nitrogens is 2. The van der Waals surface area contributed by atoms with Gasteiger partial charge in [-0.05, 0) is 61.6 Å². The quantitative estimate of drug-likeness (QED) is 0.499. The lowest BCUT2D eigenvalue weighted by Crippen LogP contribution is -2.22. The van der Waals surface area contributed by atoms with Crippen molar-refractivity contribution in [3.63, 3.8) is 0 Å². The lowest BCUT2D eigenvalue weighted by molar-refractivity contribution is -0.114. The number of nitrogens with one attached hydrogen (secondary N) is 1. The first-order valence-electron chi connectivity index (χ1n) is 8.88. The molecule has 4 rings (SSSR count). The van der Waals surface area contributed by atoms with E-state index < -0.39 is 23.2 Å². The zero-order chi connectivity index (χ0) is 21.4. The predicted molar refractivity (Wildman–Crippen MR) is 114 cm³/mol. The Balaban J connectivity index is 1.83. The van der Waals surface area contributed by atoms with E-state index in [-0.39, 0.29) is 15.9 Å². The van der Waals surface area contributed by atoms with E-state index in [2.05, 4.69) is 10.1 Å². The van der Waals surface area contributed by atoms with Crippen molar-refractivity contribution in [2.75, 3.05) is 5.01 Å². The fourth-order valence-electron chi connectivity index (χ4n) is 3.07. The van der Waals surface area contributed by atoms with Crippen LogP contribution in [0.4, 0.5) is 10.1 Å². The number of amides is 1. The number of hydrogen-bond donors (Lipinski definition) is 2. The van der Waals surface area contributed by atoms with E-state index in [1.165, 1.54) is 39.9 Å². The van der Waals surface area contributed by atoms with Gasteiger partial charge in [0.15, 0.2) is 4.77 Å². The fraction of sp³-hybridized carbons (Fsp3) is 0.0476. The van der Waals surface area contributed by atoms with E-state index in [0.717, 1.165) is 0 Å². The molecule has 0 unspecified atom stereocenters. The summed E-state index contributed by atoms with van der Waals surface area (Å²) in [6.45, 7) is 1.63. The number of benzene rings is 2. The third-order valence-corrected chi connectivity index (χ3v) is 4.84. The molecule has 0 spiro atoms. The Bertz CT molecular complexity index is 1330. The van der Waals surface area contributed by atoms with Gasteiger partial charge in [-0.15, -0.1) is 0 Å². The minimum Gasteiger partial charge on any atom is -0.494 e. The number of hydrogen-bond acceptors (Lipinski definition) is 5. The Morgan fingerprint density at radius 2 is 1.73 bits per heavy atom. The highest BCUT2D eigenvalue weighted by Crippen LogP contribution is 2.27. The zero-order valence-corrected chi connectivity index (χ0v) is 16.5. The second-order valence-electron chi connectivity index (χ2n) is 6.50. The van der Waals surface area contributed by atoms with Gasteiger partial charge < -0.3 is 5.11 Å². The van der Waals surface area contributed by atoms with Crippen LogP contribution in [0.5, 0.6) is 5.88 Å². The number of rotatable bonds is 3. The summed E-state index contributed by atoms with van der Waals surface area (Å²) in [5.74, 6) is -1.36. The molecular weight excluding hydrogens is 407 g/mol. The van der Waals surface area contributed by atoms with Gasteiger partial charge >= 0.3 is 0 Å². The average molecular weight is 422 g/mol. The van der Waals surface area contributed by atoms with E-state index >= 15 is 0 Å². The van der Waals surface area contributed by atoms with Gasteiger partial charge in [0.25, 0.3) is 11.5 Å². The Kier molecular flexibility index (Phi) is 4.88. The molecule has 0 saturated carbocycles. The molecule has 30 heavy (non-hydrogen) atoms. The van der Waals surface area contributed by atoms with Crippen LogP contribution in [0.15, 0.2) is 70.1 Å². The Morgan fingerprint density at radius 3 is 2.40 bits per heavy atom. The van der Waals surface area contributed by atoms with E-state index in [4.69, 9.17) is 12.2 Å². The highest BCUT2D eigenvalue weighted by Gasteiger charge is 2.29. The van der Waals surface area contributed by atoms with Crippen LogP contribution >= 0.6 is 12.2 Å². The summed E-state index contributed by atoms with van der Waals surface area (Å²) in [5, 5.41) is 16.2. The maximum absolute atomic E-state index is 13.3. The first-order valence-corrected chi connectivity index (χ1v) is 9.28. The van der Waals surface area contributed by atoms with E-state index in [9.17, 15) is 19.1 Å². The van der Waals surface area contributed by atoms with Crippen LogP contribution < -0.4 is 10.6 Å². The lowest BCUT2D eigenvalue weighted by Gasteiger charge is -2.12. The summed E-state index contributed by atoms with van der Waals surface area (Å²) < 4.78 is 14.4. The van der Waals surface area contributed by atoms with Crippen LogP contribution in [-0.2, 0) is 4.79 Å². The number of H-pyrrole nitrogens is 1. The second-order valence-corrected chi connectivity index (χ2v) is 6.89. The Hall–Kier alpha value is -3.85. The molecule has 0 aliphatic carbocycles. The molecule has 1 aliphatic rings. The molecule has 1 aromatic heterocycles. The van der Waals surface area contributed by atoms with Gasteiger partial charge in [-0.2, -0.15) is 10.1 Å². The standard InChI is InChI=1S/C21H15FN4O3S/c1-12-16(20(29)26(24-12)15-5-3-2-4-6-15)11-17-18(27)23-21(30)25(19(17)28)14-9-7-13(22)8-10-14/h2-11,28H,1H3,(H,23,27,30). The van der Waals surface area contributed by atoms with Crippen LogP contribution in [0.1, 0.15) is 12.5 Å². The van der Waals surface area contributed by atoms with E-state index in [1.807, 2.05) is 6.07 Å². The topological polar surface area (TPSA) is 90.7 Å². The van der Waals surface area contributed by atoms with Gasteiger partial charge in [0, 0.05) is 0 Å². The van der Waals surface area contributed by atoms with E-state index in [0.29, 0.717) is 17.1 Å². The molecular formula is C21H15FN4O3S. The molecule has 150 valence electrons. The number of hydrazone groups is 1. The molecule has 0 saturated heterocycles. The van der Waals surface area contributed by atoms with Crippen LogP contribution in [0.2, 0.25) is 0 Å². The minimum atomic E-state index is -0.665. The summed E-state index contributed by atoms with van der Waals surface area (Å²) in [6.07, 6.45) is 1.27. The van der Waals surface area contributed by atoms with Crippen molar-refractivity contribution in [1.29, 1.82) is 0 Å². The molecule has 2 heterocycles. The van der Waals surface area contributed by atoms with Crippen molar-refractivity contribution in [3.05, 3.63) is 86.7 Å². The third-order valence-electron chi connectivity index (χ3n) is 4.56. The molecule has 1 amide bonds. The molecule has 0 bridgehead atoms. The van der Waals surface area contributed by atoms with Crippen molar-refractivity contribution >= 4 is 35.6 Å². The first kappa shape index (κ1) is 19.5. The smallest absolute Gasteiger partial charge is 0.280 e. The first-order chi connectivity index (χ1) is 14.4. The molecule has 0 atom stereocenters. The molecule has 3 aromatic rings. The lowest BCUT2D eigenvalue weighted by atomic mass is 10.1. The number of anilines is 1. The van der Waals surface area contributed by atoms with Gasteiger partial charge in [-0.3, -0.25) is 19.1 Å². The maximum Gasteiger partial charge on any atom is 0.280 e. The summed E-state index contributed by atoms with van der Waals surface area (Å²) in [6, 6.07) is 14.1. The van der Waals surface area contributed by atoms with Crippen LogP contribution in [0, 0.1) is 10.6 Å². The number of halogens is 1. The second kappa shape index (κ2) is 7.53. The van der Waals surface area contributed by atoms with Crippen molar-refractivity contribution in [3.8, 4) is 11.6 Å². The Labute approximate surface area is 175 Å². The molecule has 1 aliphatic heterocycles. The third kappa shape index (κ3) is 3.35. The van der Waals surface area contributed by atoms with Crippen LogP contribution in [0.3, 0.4) is 0 Å². The van der Waals surface area contributed by atoms with Gasteiger partial charge in [0.05, 0.1) is 22.7 Å². The SMILES string of the molecule is CC1=NN(c2ccccc2)C(=O)C1=Cc1c(O)n(-c2ccc(F)cc2)c(=S)[nH]c1=O. The number of nitrogens with zero attached hydrogens (tertiary/aromatic N) is 3. The van der Waals surface area contributed by atoms with Crippen molar-refractivity contribution in [2.24, 2.45) is 5.10 Å². The summed E-state index contributed by atoms with van der Waals surface area (Å²) in [4.78, 5) is 27.8. The number of para-hydroxylation sites is 1. The van der Waals surface area contributed by atoms with Gasteiger partial charge in [-0.25, -0.2) is 4.39 Å². The predicted octanol–water partition coefficient (Wildman–Crippen LogP) is 3.55. The highest BCUT2D eigenvalue weighted by molar-refractivity contribution is 7.71. The number of carbonyl (C=O) groups is 1. The average Bonchev–Trinajstić information content (AvgIpc) is 3.01. The molecule has 9 heteroatoms. The highest BCUT2D eigenvalue weighted by atomic mass is 32.1. The largest absolute Gasteiger partial charge is 0.494 e. The molecule has 2 N–H and O–H groups in total. The van der Waals surface area contributed by atoms with Crippen LogP contribution in [-0.4, -0.2) is 26.3 Å². The summed E-state index contributed by atoms with van der Waals surface area (Å²) in [7, 11) is 0. The number of aromatic amines is 1. The number of carbonyl (C=O) groups excluding carboxylic acids is 1. The van der Waals surface area contributed by atoms with Gasteiger partial charge in [-0.1, -0.05) is 18.2 Å². The van der Waals surface area contributed by atoms with Crippen LogP contribution in [0.25, 0.3) is 11.8 Å². The zero-order valence-electron chi connectivity index (χ0n) is 15.7. The van der Waals surface area contributed by atoms with Crippen molar-refractivity contribution in [1.82, 2.24) is 9.55 Å². The summed E-state index contributed by atoms with van der Waals surface area (Å²) in [5.41, 5.74) is 0.637.